The maximum absolute atomic E-state index is 4.27. The molecule has 4 nitrogen and oxygen atoms in total. The van der Waals surface area contributed by atoms with Crippen molar-refractivity contribution in [3.05, 3.63) is 54.1 Å². The van der Waals surface area contributed by atoms with E-state index in [0.717, 1.165) is 26.2 Å². The molecule has 4 heteroatoms. The molecule has 2 aromatic rings. The third kappa shape index (κ3) is 4.19. The van der Waals surface area contributed by atoms with Crippen LogP contribution < -0.4 is 5.32 Å². The van der Waals surface area contributed by atoms with E-state index in [2.05, 4.69) is 51.1 Å². The Kier molecular flexibility index (Phi) is 5.12. The lowest BCUT2D eigenvalue weighted by atomic mass is 10.2. The molecule has 0 saturated carbocycles. The molecular formula is C15H22N4. The molecule has 0 unspecified atom stereocenters. The molecule has 0 fully saturated rings. The van der Waals surface area contributed by atoms with E-state index in [-0.39, 0.29) is 0 Å². The molecule has 0 aliphatic heterocycles. The third-order valence-electron chi connectivity index (χ3n) is 3.17. The van der Waals surface area contributed by atoms with Gasteiger partial charge in [0.25, 0.3) is 0 Å². The Labute approximate surface area is 115 Å². The summed E-state index contributed by atoms with van der Waals surface area (Å²) in [6.45, 7) is 3.85. The van der Waals surface area contributed by atoms with Crippen LogP contribution in [0.15, 0.2) is 42.9 Å². The van der Waals surface area contributed by atoms with Crippen molar-refractivity contribution in [1.82, 2.24) is 19.8 Å². The molecule has 0 aliphatic rings. The number of aromatic nitrogens is 2. The molecule has 102 valence electrons. The smallest absolute Gasteiger partial charge is 0.0951 e. The summed E-state index contributed by atoms with van der Waals surface area (Å²) in [5, 5.41) is 3.17. The number of rotatable bonds is 7. The van der Waals surface area contributed by atoms with Gasteiger partial charge in [0.05, 0.1) is 12.0 Å². The average molecular weight is 258 g/mol. The molecule has 1 heterocycles. The minimum absolute atomic E-state index is 0.885. The maximum atomic E-state index is 4.27. The van der Waals surface area contributed by atoms with Gasteiger partial charge in [0.2, 0.25) is 0 Å². The summed E-state index contributed by atoms with van der Waals surface area (Å²) in [5.74, 6) is 0. The first-order valence-electron chi connectivity index (χ1n) is 6.65. The van der Waals surface area contributed by atoms with Gasteiger partial charge in [-0.25, -0.2) is 4.98 Å². The Hall–Kier alpha value is -1.65. The van der Waals surface area contributed by atoms with Crippen LogP contribution in [0.1, 0.15) is 11.3 Å². The fourth-order valence-corrected chi connectivity index (χ4v) is 2.06. The molecule has 1 N–H and O–H groups in total. The highest BCUT2D eigenvalue weighted by Gasteiger charge is 2.06. The SMILES string of the molecule is CNCCN(C)Cc1cncn1Cc1ccccc1. The van der Waals surface area contributed by atoms with Gasteiger partial charge in [-0.05, 0) is 19.7 Å². The Morgan fingerprint density at radius 3 is 2.79 bits per heavy atom. The van der Waals surface area contributed by atoms with Gasteiger partial charge in [0, 0.05) is 32.4 Å². The topological polar surface area (TPSA) is 33.1 Å². The predicted molar refractivity (Wildman–Crippen MR) is 78.0 cm³/mol. The Balaban J connectivity index is 1.98. The number of hydrogen-bond donors (Lipinski definition) is 1. The van der Waals surface area contributed by atoms with E-state index in [1.165, 1.54) is 11.3 Å². The van der Waals surface area contributed by atoms with Gasteiger partial charge in [-0.1, -0.05) is 30.3 Å². The second-order valence-corrected chi connectivity index (χ2v) is 4.84. The first-order chi connectivity index (χ1) is 9.29. The molecule has 19 heavy (non-hydrogen) atoms. The fraction of sp³-hybridized carbons (Fsp3) is 0.400. The van der Waals surface area contributed by atoms with E-state index < -0.39 is 0 Å². The van der Waals surface area contributed by atoms with Crippen LogP contribution in [0.2, 0.25) is 0 Å². The van der Waals surface area contributed by atoms with Crippen LogP contribution >= 0.6 is 0 Å². The van der Waals surface area contributed by atoms with Crippen LogP contribution in [0.4, 0.5) is 0 Å². The summed E-state index contributed by atoms with van der Waals surface area (Å²) in [5.41, 5.74) is 2.56. The molecule has 1 aromatic heterocycles. The molecule has 0 aliphatic carbocycles. The summed E-state index contributed by atoms with van der Waals surface area (Å²) < 4.78 is 2.21. The number of imidazole rings is 1. The average Bonchev–Trinajstić information content (AvgIpc) is 2.85. The van der Waals surface area contributed by atoms with Crippen molar-refractivity contribution in [2.45, 2.75) is 13.1 Å². The van der Waals surface area contributed by atoms with Crippen molar-refractivity contribution in [3.8, 4) is 0 Å². The standard InChI is InChI=1S/C15H22N4/c1-16-8-9-18(2)12-15-10-17-13-19(15)11-14-6-4-3-5-7-14/h3-7,10,13,16H,8-9,11-12H2,1-2H3. The lowest BCUT2D eigenvalue weighted by Gasteiger charge is -2.17. The molecule has 0 spiro atoms. The Morgan fingerprint density at radius 1 is 1.26 bits per heavy atom. The number of likely N-dealkylation sites (N-methyl/N-ethyl adjacent to an activating group) is 2. The van der Waals surface area contributed by atoms with Crippen LogP contribution in [0, 0.1) is 0 Å². The van der Waals surface area contributed by atoms with E-state index in [0.29, 0.717) is 0 Å². The van der Waals surface area contributed by atoms with Crippen molar-refractivity contribution in [1.29, 1.82) is 0 Å². The van der Waals surface area contributed by atoms with Crippen LogP contribution in [0.5, 0.6) is 0 Å². The first-order valence-corrected chi connectivity index (χ1v) is 6.65. The lowest BCUT2D eigenvalue weighted by Crippen LogP contribution is -2.27. The van der Waals surface area contributed by atoms with E-state index in [9.17, 15) is 0 Å². The number of benzene rings is 1. The number of hydrogen-bond acceptors (Lipinski definition) is 3. The fourth-order valence-electron chi connectivity index (χ4n) is 2.06. The van der Waals surface area contributed by atoms with Crippen molar-refractivity contribution in [2.24, 2.45) is 0 Å². The van der Waals surface area contributed by atoms with E-state index in [1.807, 2.05) is 25.6 Å². The van der Waals surface area contributed by atoms with Crippen molar-refractivity contribution < 1.29 is 0 Å². The lowest BCUT2D eigenvalue weighted by molar-refractivity contribution is 0.319. The van der Waals surface area contributed by atoms with Gasteiger partial charge in [0.15, 0.2) is 0 Å². The summed E-state index contributed by atoms with van der Waals surface area (Å²) in [6, 6.07) is 10.5. The predicted octanol–water partition coefficient (Wildman–Crippen LogP) is 1.58. The van der Waals surface area contributed by atoms with Crippen molar-refractivity contribution in [3.63, 3.8) is 0 Å². The zero-order valence-corrected chi connectivity index (χ0v) is 11.7. The zero-order valence-electron chi connectivity index (χ0n) is 11.7. The summed E-state index contributed by atoms with van der Waals surface area (Å²) in [7, 11) is 4.12. The van der Waals surface area contributed by atoms with Crippen LogP contribution in [-0.2, 0) is 13.1 Å². The summed E-state index contributed by atoms with van der Waals surface area (Å²) in [6.07, 6.45) is 3.87. The number of nitrogens with one attached hydrogen (secondary N) is 1. The van der Waals surface area contributed by atoms with E-state index >= 15 is 0 Å². The Bertz CT molecular complexity index is 478. The van der Waals surface area contributed by atoms with E-state index in [1.54, 1.807) is 0 Å². The van der Waals surface area contributed by atoms with Gasteiger partial charge in [-0.2, -0.15) is 0 Å². The zero-order chi connectivity index (χ0) is 13.5. The normalized spacial score (nSPS) is 11.1. The molecule has 0 saturated heterocycles. The quantitative estimate of drug-likeness (QED) is 0.818. The molecular weight excluding hydrogens is 236 g/mol. The van der Waals surface area contributed by atoms with Crippen LogP contribution in [0.25, 0.3) is 0 Å². The molecule has 1 aromatic carbocycles. The molecule has 0 radical (unpaired) electrons. The maximum Gasteiger partial charge on any atom is 0.0951 e. The monoisotopic (exact) mass is 258 g/mol. The second-order valence-electron chi connectivity index (χ2n) is 4.84. The largest absolute Gasteiger partial charge is 0.329 e. The first kappa shape index (κ1) is 13.8. The summed E-state index contributed by atoms with van der Waals surface area (Å²) in [4.78, 5) is 6.57. The third-order valence-corrected chi connectivity index (χ3v) is 3.17. The van der Waals surface area contributed by atoms with Gasteiger partial charge in [0.1, 0.15) is 0 Å². The molecule has 0 amide bonds. The number of nitrogens with zero attached hydrogens (tertiary/aromatic N) is 3. The highest BCUT2D eigenvalue weighted by atomic mass is 15.1. The van der Waals surface area contributed by atoms with Crippen molar-refractivity contribution >= 4 is 0 Å². The van der Waals surface area contributed by atoms with Crippen LogP contribution in [0.3, 0.4) is 0 Å². The molecule has 0 bridgehead atoms. The van der Waals surface area contributed by atoms with Crippen LogP contribution in [-0.4, -0.2) is 41.6 Å². The van der Waals surface area contributed by atoms with Crippen molar-refractivity contribution in [2.75, 3.05) is 27.2 Å². The van der Waals surface area contributed by atoms with E-state index in [4.69, 9.17) is 0 Å². The molecule has 0 atom stereocenters. The minimum Gasteiger partial charge on any atom is -0.329 e. The minimum atomic E-state index is 0.885. The second kappa shape index (κ2) is 7.07. The Morgan fingerprint density at radius 2 is 2.05 bits per heavy atom. The highest BCUT2D eigenvalue weighted by Crippen LogP contribution is 2.07. The van der Waals surface area contributed by atoms with Gasteiger partial charge < -0.3 is 9.88 Å². The summed E-state index contributed by atoms with van der Waals surface area (Å²) >= 11 is 0. The highest BCUT2D eigenvalue weighted by molar-refractivity contribution is 5.16. The molecule has 2 rings (SSSR count). The van der Waals surface area contributed by atoms with Gasteiger partial charge >= 0.3 is 0 Å². The van der Waals surface area contributed by atoms with Gasteiger partial charge in [-0.15, -0.1) is 0 Å². The van der Waals surface area contributed by atoms with Gasteiger partial charge in [-0.3, -0.25) is 4.90 Å².